The monoisotopic (exact) mass is 347 g/mol. The van der Waals surface area contributed by atoms with Crippen LogP contribution < -0.4 is 10.6 Å². The Labute approximate surface area is 149 Å². The summed E-state index contributed by atoms with van der Waals surface area (Å²) in [6.45, 7) is 9.31. The van der Waals surface area contributed by atoms with Crippen LogP contribution in [0.5, 0.6) is 0 Å². The number of aryl methyl sites for hydroxylation is 1. The van der Waals surface area contributed by atoms with Crippen LogP contribution in [0, 0.1) is 6.92 Å². The van der Waals surface area contributed by atoms with Crippen molar-refractivity contribution in [2.45, 2.75) is 58.7 Å². The Hall–Kier alpha value is -2.24. The van der Waals surface area contributed by atoms with Gasteiger partial charge in [-0.3, -0.25) is 0 Å². The summed E-state index contributed by atoms with van der Waals surface area (Å²) in [6.07, 6.45) is 1.18. The molecule has 1 heterocycles. The van der Waals surface area contributed by atoms with Gasteiger partial charge in [-0.2, -0.15) is 0 Å². The van der Waals surface area contributed by atoms with E-state index in [-0.39, 0.29) is 18.2 Å². The molecule has 138 valence electrons. The van der Waals surface area contributed by atoms with E-state index >= 15 is 0 Å². The number of likely N-dealkylation sites (tertiary alicyclic amines) is 1. The van der Waals surface area contributed by atoms with Crippen LogP contribution in [0.25, 0.3) is 0 Å². The molecule has 1 aromatic rings. The number of rotatable bonds is 3. The summed E-state index contributed by atoms with van der Waals surface area (Å²) < 4.78 is 5.38. The van der Waals surface area contributed by atoms with Crippen molar-refractivity contribution in [2.75, 3.05) is 13.1 Å². The SMILES string of the molecule is Cc1ccccc1CNC(=O)NC1CCN(C(=O)OC(C)(C)C)CC1. The Morgan fingerprint density at radius 1 is 1.20 bits per heavy atom. The minimum atomic E-state index is -0.484. The molecule has 0 spiro atoms. The number of piperidine rings is 1. The fourth-order valence-electron chi connectivity index (χ4n) is 2.75. The van der Waals surface area contributed by atoms with Crippen LogP contribution in [-0.2, 0) is 11.3 Å². The summed E-state index contributed by atoms with van der Waals surface area (Å²) >= 11 is 0. The van der Waals surface area contributed by atoms with E-state index in [4.69, 9.17) is 4.74 Å². The van der Waals surface area contributed by atoms with Crippen LogP contribution in [0.2, 0.25) is 0 Å². The molecular weight excluding hydrogens is 318 g/mol. The molecule has 2 N–H and O–H groups in total. The zero-order valence-corrected chi connectivity index (χ0v) is 15.6. The van der Waals surface area contributed by atoms with Crippen LogP contribution in [0.15, 0.2) is 24.3 Å². The standard InChI is InChI=1S/C19H29N3O3/c1-14-7-5-6-8-15(14)13-20-17(23)21-16-9-11-22(12-10-16)18(24)25-19(2,3)4/h5-8,16H,9-13H2,1-4H3,(H2,20,21,23). The average Bonchev–Trinajstić information content (AvgIpc) is 2.53. The molecule has 0 bridgehead atoms. The zero-order chi connectivity index (χ0) is 18.4. The molecule has 0 aliphatic carbocycles. The molecule has 0 aromatic heterocycles. The molecule has 6 nitrogen and oxygen atoms in total. The molecule has 0 radical (unpaired) electrons. The van der Waals surface area contributed by atoms with Crippen LogP contribution in [0.3, 0.4) is 0 Å². The second-order valence-corrected chi connectivity index (χ2v) is 7.50. The van der Waals surface area contributed by atoms with Gasteiger partial charge < -0.3 is 20.3 Å². The van der Waals surface area contributed by atoms with Crippen molar-refractivity contribution in [1.29, 1.82) is 0 Å². The third-order valence-corrected chi connectivity index (χ3v) is 4.18. The average molecular weight is 347 g/mol. The van der Waals surface area contributed by atoms with E-state index in [2.05, 4.69) is 10.6 Å². The number of hydrogen-bond donors (Lipinski definition) is 2. The quantitative estimate of drug-likeness (QED) is 0.882. The fraction of sp³-hybridized carbons (Fsp3) is 0.579. The number of ether oxygens (including phenoxy) is 1. The van der Waals surface area contributed by atoms with Gasteiger partial charge in [0.15, 0.2) is 0 Å². The lowest BCUT2D eigenvalue weighted by atomic mass is 10.1. The number of amides is 3. The normalized spacial score (nSPS) is 15.6. The lowest BCUT2D eigenvalue weighted by Crippen LogP contribution is -2.49. The van der Waals surface area contributed by atoms with E-state index in [1.807, 2.05) is 52.0 Å². The third-order valence-electron chi connectivity index (χ3n) is 4.18. The van der Waals surface area contributed by atoms with Crippen molar-refractivity contribution in [3.05, 3.63) is 35.4 Å². The largest absolute Gasteiger partial charge is 0.444 e. The van der Waals surface area contributed by atoms with Gasteiger partial charge in [-0.1, -0.05) is 24.3 Å². The predicted octanol–water partition coefficient (Wildman–Crippen LogP) is 3.19. The summed E-state index contributed by atoms with van der Waals surface area (Å²) in [6, 6.07) is 7.90. The molecule has 1 aliphatic heterocycles. The van der Waals surface area contributed by atoms with Crippen LogP contribution >= 0.6 is 0 Å². The van der Waals surface area contributed by atoms with Gasteiger partial charge >= 0.3 is 12.1 Å². The molecule has 1 saturated heterocycles. The number of benzene rings is 1. The summed E-state index contributed by atoms with van der Waals surface area (Å²) in [5.74, 6) is 0. The van der Waals surface area contributed by atoms with Gasteiger partial charge in [0.05, 0.1) is 0 Å². The first-order valence-electron chi connectivity index (χ1n) is 8.81. The molecule has 0 atom stereocenters. The first-order chi connectivity index (χ1) is 11.7. The van der Waals surface area contributed by atoms with Crippen LogP contribution in [0.1, 0.15) is 44.7 Å². The molecular formula is C19H29N3O3. The van der Waals surface area contributed by atoms with Crippen molar-refractivity contribution in [3.8, 4) is 0 Å². The summed E-state index contributed by atoms with van der Waals surface area (Å²) in [5.41, 5.74) is 1.78. The highest BCUT2D eigenvalue weighted by molar-refractivity contribution is 5.74. The summed E-state index contributed by atoms with van der Waals surface area (Å²) in [5, 5.41) is 5.88. The highest BCUT2D eigenvalue weighted by Crippen LogP contribution is 2.15. The van der Waals surface area contributed by atoms with E-state index in [1.165, 1.54) is 0 Å². The second kappa shape index (κ2) is 8.23. The molecule has 2 rings (SSSR count). The minimum Gasteiger partial charge on any atom is -0.444 e. The Morgan fingerprint density at radius 3 is 2.44 bits per heavy atom. The molecule has 1 aromatic carbocycles. The molecule has 25 heavy (non-hydrogen) atoms. The van der Waals surface area contributed by atoms with E-state index in [1.54, 1.807) is 4.90 Å². The van der Waals surface area contributed by atoms with Gasteiger partial charge in [0.2, 0.25) is 0 Å². The van der Waals surface area contributed by atoms with Crippen molar-refractivity contribution in [3.63, 3.8) is 0 Å². The molecule has 1 aliphatic rings. The molecule has 6 heteroatoms. The van der Waals surface area contributed by atoms with Gasteiger partial charge in [0.25, 0.3) is 0 Å². The first kappa shape index (κ1) is 19.1. The molecule has 3 amide bonds. The van der Waals surface area contributed by atoms with E-state index in [0.29, 0.717) is 19.6 Å². The van der Waals surface area contributed by atoms with Crippen LogP contribution in [0.4, 0.5) is 9.59 Å². The Kier molecular flexibility index (Phi) is 6.28. The number of urea groups is 1. The van der Waals surface area contributed by atoms with Crippen molar-refractivity contribution < 1.29 is 14.3 Å². The van der Waals surface area contributed by atoms with Crippen LogP contribution in [-0.4, -0.2) is 41.8 Å². The van der Waals surface area contributed by atoms with E-state index < -0.39 is 5.60 Å². The number of hydrogen-bond acceptors (Lipinski definition) is 3. The van der Waals surface area contributed by atoms with Gasteiger partial charge in [-0.05, 0) is 51.7 Å². The number of carbonyl (C=O) groups is 2. The molecule has 1 fully saturated rings. The van der Waals surface area contributed by atoms with Crippen molar-refractivity contribution in [2.24, 2.45) is 0 Å². The molecule has 0 unspecified atom stereocenters. The highest BCUT2D eigenvalue weighted by atomic mass is 16.6. The van der Waals surface area contributed by atoms with Gasteiger partial charge in [-0.15, -0.1) is 0 Å². The third kappa shape index (κ3) is 6.29. The first-order valence-corrected chi connectivity index (χ1v) is 8.81. The minimum absolute atomic E-state index is 0.0792. The van der Waals surface area contributed by atoms with Gasteiger partial charge in [0.1, 0.15) is 5.60 Å². The topological polar surface area (TPSA) is 70.7 Å². The maximum absolute atomic E-state index is 12.1. The molecule has 0 saturated carbocycles. The fourth-order valence-corrected chi connectivity index (χ4v) is 2.75. The number of carbonyl (C=O) groups excluding carboxylic acids is 2. The van der Waals surface area contributed by atoms with E-state index in [0.717, 1.165) is 24.0 Å². The van der Waals surface area contributed by atoms with Gasteiger partial charge in [0, 0.05) is 25.7 Å². The maximum atomic E-state index is 12.1. The Bertz CT molecular complexity index is 602. The Balaban J connectivity index is 1.72. The number of nitrogens with one attached hydrogen (secondary N) is 2. The highest BCUT2D eigenvalue weighted by Gasteiger charge is 2.27. The lowest BCUT2D eigenvalue weighted by molar-refractivity contribution is 0.0201. The summed E-state index contributed by atoms with van der Waals surface area (Å²) in [7, 11) is 0. The Morgan fingerprint density at radius 2 is 1.84 bits per heavy atom. The number of nitrogens with zero attached hydrogens (tertiary/aromatic N) is 1. The van der Waals surface area contributed by atoms with Gasteiger partial charge in [-0.25, -0.2) is 9.59 Å². The zero-order valence-electron chi connectivity index (χ0n) is 15.6. The predicted molar refractivity (Wildman–Crippen MR) is 97.4 cm³/mol. The smallest absolute Gasteiger partial charge is 0.410 e. The van der Waals surface area contributed by atoms with Crippen molar-refractivity contribution >= 4 is 12.1 Å². The lowest BCUT2D eigenvalue weighted by Gasteiger charge is -2.33. The second-order valence-electron chi connectivity index (χ2n) is 7.50. The van der Waals surface area contributed by atoms with Crippen molar-refractivity contribution in [1.82, 2.24) is 15.5 Å². The summed E-state index contributed by atoms with van der Waals surface area (Å²) in [4.78, 5) is 25.8. The maximum Gasteiger partial charge on any atom is 0.410 e. The van der Waals surface area contributed by atoms with E-state index in [9.17, 15) is 9.59 Å².